The molecule has 2 N–H and O–H groups in total. The monoisotopic (exact) mass is 300 g/mol. The number of nitrogens with two attached hydrogens (primary N) is 1. The number of rotatable bonds is 0. The molecule has 0 radical (unpaired) electrons. The zero-order valence-electron chi connectivity index (χ0n) is 6.54. The predicted octanol–water partition coefficient (Wildman–Crippen LogP) is 2.96. The molecule has 13 heavy (non-hydrogen) atoms. The molecule has 0 spiro atoms. The second kappa shape index (κ2) is 3.16. The minimum atomic E-state index is 0.687. The number of nitriles is 1. The van der Waals surface area contributed by atoms with E-state index in [1.807, 2.05) is 17.5 Å². The molecule has 0 fully saturated rings. The maximum Gasteiger partial charge on any atom is 0.101 e. The molecule has 0 saturated heterocycles. The van der Waals surface area contributed by atoms with Gasteiger partial charge in [0.15, 0.2) is 0 Å². The number of benzene rings is 1. The molecule has 2 rings (SSSR count). The van der Waals surface area contributed by atoms with Crippen molar-refractivity contribution in [1.29, 1.82) is 5.26 Å². The summed E-state index contributed by atoms with van der Waals surface area (Å²) in [5.74, 6) is 0. The fourth-order valence-electron chi connectivity index (χ4n) is 1.22. The molecule has 0 unspecified atom stereocenters. The molecule has 0 atom stereocenters. The molecule has 1 aromatic carbocycles. The number of hydrogen-bond acceptors (Lipinski definition) is 3. The van der Waals surface area contributed by atoms with Crippen LogP contribution in [-0.4, -0.2) is 0 Å². The Bertz CT molecular complexity index is 510. The van der Waals surface area contributed by atoms with Crippen molar-refractivity contribution >= 4 is 49.7 Å². The molecule has 0 aliphatic heterocycles. The van der Waals surface area contributed by atoms with Gasteiger partial charge in [0.2, 0.25) is 0 Å². The van der Waals surface area contributed by atoms with E-state index in [0.29, 0.717) is 11.3 Å². The van der Waals surface area contributed by atoms with Gasteiger partial charge in [0.25, 0.3) is 0 Å². The SMILES string of the molecule is N#Cc1c(I)c(N)cc2sccc12. The van der Waals surface area contributed by atoms with E-state index in [9.17, 15) is 0 Å². The van der Waals surface area contributed by atoms with Gasteiger partial charge in [-0.3, -0.25) is 0 Å². The van der Waals surface area contributed by atoms with Crippen LogP contribution in [0.15, 0.2) is 17.5 Å². The number of thiophene rings is 1. The molecule has 0 saturated carbocycles. The van der Waals surface area contributed by atoms with E-state index in [-0.39, 0.29) is 0 Å². The Hall–Kier alpha value is -0.800. The molecule has 0 aliphatic carbocycles. The first-order valence-corrected chi connectivity index (χ1v) is 5.55. The Morgan fingerprint density at radius 1 is 1.54 bits per heavy atom. The highest BCUT2D eigenvalue weighted by Gasteiger charge is 2.09. The van der Waals surface area contributed by atoms with Gasteiger partial charge in [-0.15, -0.1) is 11.3 Å². The molecule has 0 bridgehead atoms. The Balaban J connectivity index is 2.98. The quantitative estimate of drug-likeness (QED) is 0.600. The first kappa shape index (κ1) is 8.78. The Morgan fingerprint density at radius 3 is 3.00 bits per heavy atom. The lowest BCUT2D eigenvalue weighted by atomic mass is 10.1. The van der Waals surface area contributed by atoms with Crippen molar-refractivity contribution in [3.63, 3.8) is 0 Å². The van der Waals surface area contributed by atoms with Crippen molar-refractivity contribution in [3.05, 3.63) is 26.6 Å². The molecule has 2 nitrogen and oxygen atoms in total. The smallest absolute Gasteiger partial charge is 0.101 e. The molecule has 64 valence electrons. The third kappa shape index (κ3) is 1.28. The summed E-state index contributed by atoms with van der Waals surface area (Å²) in [4.78, 5) is 0. The van der Waals surface area contributed by atoms with Crippen molar-refractivity contribution in [3.8, 4) is 6.07 Å². The Morgan fingerprint density at radius 2 is 2.31 bits per heavy atom. The van der Waals surface area contributed by atoms with Gasteiger partial charge in [0.1, 0.15) is 6.07 Å². The zero-order chi connectivity index (χ0) is 9.42. The van der Waals surface area contributed by atoms with E-state index in [2.05, 4.69) is 28.7 Å². The van der Waals surface area contributed by atoms with Crippen LogP contribution in [-0.2, 0) is 0 Å². The molecular formula is C9H5IN2S. The number of halogens is 1. The molecule has 1 aromatic heterocycles. The van der Waals surface area contributed by atoms with E-state index >= 15 is 0 Å². The van der Waals surface area contributed by atoms with Gasteiger partial charge in [0.05, 0.1) is 9.13 Å². The maximum atomic E-state index is 8.95. The average Bonchev–Trinajstić information content (AvgIpc) is 2.54. The van der Waals surface area contributed by atoms with Crippen LogP contribution in [0, 0.1) is 14.9 Å². The van der Waals surface area contributed by atoms with Crippen molar-refractivity contribution in [2.45, 2.75) is 0 Å². The number of nitrogens with zero attached hydrogens (tertiary/aromatic N) is 1. The van der Waals surface area contributed by atoms with Crippen LogP contribution in [0.25, 0.3) is 10.1 Å². The lowest BCUT2D eigenvalue weighted by Gasteiger charge is -2.01. The topological polar surface area (TPSA) is 49.8 Å². The van der Waals surface area contributed by atoms with Gasteiger partial charge in [-0.25, -0.2) is 0 Å². The van der Waals surface area contributed by atoms with Crippen molar-refractivity contribution in [2.24, 2.45) is 0 Å². The molecule has 0 aliphatic rings. The lowest BCUT2D eigenvalue weighted by molar-refractivity contribution is 1.49. The normalized spacial score (nSPS) is 10.2. The predicted molar refractivity (Wildman–Crippen MR) is 63.7 cm³/mol. The van der Waals surface area contributed by atoms with Gasteiger partial charge in [-0.2, -0.15) is 5.26 Å². The van der Waals surface area contributed by atoms with Gasteiger partial charge < -0.3 is 5.73 Å². The van der Waals surface area contributed by atoms with Crippen LogP contribution in [0.2, 0.25) is 0 Å². The molecule has 4 heteroatoms. The highest BCUT2D eigenvalue weighted by atomic mass is 127. The van der Waals surface area contributed by atoms with E-state index in [0.717, 1.165) is 13.7 Å². The second-order valence-corrected chi connectivity index (χ2v) is 4.63. The van der Waals surface area contributed by atoms with Gasteiger partial charge in [0, 0.05) is 15.8 Å². The maximum absolute atomic E-state index is 8.95. The summed E-state index contributed by atoms with van der Waals surface area (Å²) >= 11 is 3.71. The number of hydrogen-bond donors (Lipinski definition) is 1. The summed E-state index contributed by atoms with van der Waals surface area (Å²) in [6.45, 7) is 0. The van der Waals surface area contributed by atoms with Gasteiger partial charge in [-0.1, -0.05) is 0 Å². The van der Waals surface area contributed by atoms with Crippen LogP contribution >= 0.6 is 33.9 Å². The number of anilines is 1. The standard InChI is InChI=1S/C9H5IN2S/c10-9-6(4-11)5-1-2-13-8(5)3-7(9)12/h1-3H,12H2. The van der Waals surface area contributed by atoms with E-state index in [1.165, 1.54) is 0 Å². The highest BCUT2D eigenvalue weighted by Crippen LogP contribution is 2.31. The largest absolute Gasteiger partial charge is 0.398 e. The Kier molecular flexibility index (Phi) is 2.14. The third-order valence-corrected chi connectivity index (χ3v) is 3.86. The minimum absolute atomic E-state index is 0.687. The first-order valence-electron chi connectivity index (χ1n) is 3.59. The van der Waals surface area contributed by atoms with E-state index in [4.69, 9.17) is 11.0 Å². The fourth-order valence-corrected chi connectivity index (χ4v) is 2.63. The average molecular weight is 300 g/mol. The van der Waals surface area contributed by atoms with E-state index < -0.39 is 0 Å². The van der Waals surface area contributed by atoms with Crippen molar-refractivity contribution in [1.82, 2.24) is 0 Å². The third-order valence-electron chi connectivity index (χ3n) is 1.84. The number of nitrogen functional groups attached to an aromatic ring is 1. The molecule has 2 aromatic rings. The lowest BCUT2D eigenvalue weighted by Crippen LogP contribution is -1.92. The summed E-state index contributed by atoms with van der Waals surface area (Å²) in [7, 11) is 0. The Labute approximate surface area is 93.1 Å². The highest BCUT2D eigenvalue weighted by molar-refractivity contribution is 14.1. The molecule has 0 amide bonds. The fraction of sp³-hybridized carbons (Fsp3) is 0. The molecule has 1 heterocycles. The van der Waals surface area contributed by atoms with Crippen LogP contribution in [0.4, 0.5) is 5.69 Å². The summed E-state index contributed by atoms with van der Waals surface area (Å²) in [5.41, 5.74) is 7.15. The summed E-state index contributed by atoms with van der Waals surface area (Å²) < 4.78 is 1.93. The van der Waals surface area contributed by atoms with Crippen LogP contribution in [0.3, 0.4) is 0 Å². The van der Waals surface area contributed by atoms with Crippen LogP contribution < -0.4 is 5.73 Å². The summed E-state index contributed by atoms with van der Waals surface area (Å²) in [5, 5.41) is 11.9. The van der Waals surface area contributed by atoms with Gasteiger partial charge in [-0.05, 0) is 40.1 Å². The second-order valence-electron chi connectivity index (χ2n) is 2.60. The van der Waals surface area contributed by atoms with Gasteiger partial charge >= 0.3 is 0 Å². The number of fused-ring (bicyclic) bond motifs is 1. The summed E-state index contributed by atoms with van der Waals surface area (Å²) in [6.07, 6.45) is 0. The molecular weight excluding hydrogens is 295 g/mol. The van der Waals surface area contributed by atoms with Crippen molar-refractivity contribution in [2.75, 3.05) is 5.73 Å². The first-order chi connectivity index (χ1) is 6.24. The summed E-state index contributed by atoms with van der Waals surface area (Å²) in [6, 6.07) is 6.06. The van der Waals surface area contributed by atoms with E-state index in [1.54, 1.807) is 11.3 Å². The van der Waals surface area contributed by atoms with Crippen LogP contribution in [0.5, 0.6) is 0 Å². The minimum Gasteiger partial charge on any atom is -0.398 e. The van der Waals surface area contributed by atoms with Crippen molar-refractivity contribution < 1.29 is 0 Å². The van der Waals surface area contributed by atoms with Crippen LogP contribution in [0.1, 0.15) is 5.56 Å². The zero-order valence-corrected chi connectivity index (χ0v) is 9.52.